The van der Waals surface area contributed by atoms with E-state index in [2.05, 4.69) is 16.0 Å². The van der Waals surface area contributed by atoms with Crippen LogP contribution in [0.2, 0.25) is 0 Å². The quantitative estimate of drug-likeness (QED) is 0.255. The van der Waals surface area contributed by atoms with Gasteiger partial charge in [0.1, 0.15) is 18.1 Å². The molecule has 24 heavy (non-hydrogen) atoms. The topological polar surface area (TPSA) is 171 Å². The highest BCUT2D eigenvalue weighted by molar-refractivity contribution is 5.93. The van der Waals surface area contributed by atoms with Gasteiger partial charge in [-0.2, -0.15) is 0 Å². The van der Waals surface area contributed by atoms with Crippen LogP contribution in [0, 0.1) is 5.92 Å². The number of rotatable bonds is 10. The van der Waals surface area contributed by atoms with Crippen LogP contribution in [0.4, 0.5) is 0 Å². The highest BCUT2D eigenvalue weighted by atomic mass is 16.4. The molecule has 3 amide bonds. The van der Waals surface area contributed by atoms with Gasteiger partial charge in [0.2, 0.25) is 17.7 Å². The molecule has 10 nitrogen and oxygen atoms in total. The first-order chi connectivity index (χ1) is 11.1. The predicted octanol–water partition coefficient (Wildman–Crippen LogP) is -2.46. The third kappa shape index (κ3) is 7.88. The Hall–Kier alpha value is -2.20. The summed E-state index contributed by atoms with van der Waals surface area (Å²) < 4.78 is 0. The molecule has 0 aromatic heterocycles. The van der Waals surface area contributed by atoms with Gasteiger partial charge in [0.25, 0.3) is 0 Å². The molecule has 0 saturated carbocycles. The van der Waals surface area contributed by atoms with Crippen molar-refractivity contribution >= 4 is 23.7 Å². The fraction of sp³-hybridized carbons (Fsp3) is 0.714. The lowest BCUT2D eigenvalue weighted by atomic mass is 10.0. The summed E-state index contributed by atoms with van der Waals surface area (Å²) in [6.07, 6.45) is 0.244. The second kappa shape index (κ2) is 10.6. The molecule has 0 aliphatic heterocycles. The largest absolute Gasteiger partial charge is 0.480 e. The van der Waals surface area contributed by atoms with Crippen molar-refractivity contribution in [3.05, 3.63) is 0 Å². The summed E-state index contributed by atoms with van der Waals surface area (Å²) in [5, 5.41) is 25.0. The Morgan fingerprint density at radius 3 is 1.96 bits per heavy atom. The fourth-order valence-electron chi connectivity index (χ4n) is 1.82. The lowest BCUT2D eigenvalue weighted by molar-refractivity contribution is -0.142. The van der Waals surface area contributed by atoms with E-state index in [1.165, 1.54) is 6.92 Å². The van der Waals surface area contributed by atoms with Crippen molar-refractivity contribution in [2.75, 3.05) is 13.2 Å². The minimum Gasteiger partial charge on any atom is -0.480 e. The summed E-state index contributed by atoms with van der Waals surface area (Å²) in [6, 6.07) is -3.36. The molecule has 0 unspecified atom stereocenters. The van der Waals surface area contributed by atoms with Crippen LogP contribution in [-0.2, 0) is 19.2 Å². The van der Waals surface area contributed by atoms with E-state index in [1.807, 2.05) is 13.8 Å². The number of carbonyl (C=O) groups is 4. The van der Waals surface area contributed by atoms with Gasteiger partial charge in [0.15, 0.2) is 0 Å². The molecule has 0 aromatic rings. The van der Waals surface area contributed by atoms with E-state index in [0.29, 0.717) is 0 Å². The van der Waals surface area contributed by atoms with Gasteiger partial charge >= 0.3 is 5.97 Å². The highest BCUT2D eigenvalue weighted by Gasteiger charge is 2.27. The van der Waals surface area contributed by atoms with Crippen LogP contribution >= 0.6 is 0 Å². The summed E-state index contributed by atoms with van der Waals surface area (Å²) >= 11 is 0. The van der Waals surface area contributed by atoms with Gasteiger partial charge in [-0.3, -0.25) is 14.4 Å². The molecule has 0 bridgehead atoms. The van der Waals surface area contributed by atoms with Crippen molar-refractivity contribution in [3.8, 4) is 0 Å². The molecule has 7 N–H and O–H groups in total. The van der Waals surface area contributed by atoms with Crippen molar-refractivity contribution < 1.29 is 29.4 Å². The summed E-state index contributed by atoms with van der Waals surface area (Å²) in [7, 11) is 0. The minimum absolute atomic E-state index is 0.0570. The van der Waals surface area contributed by atoms with Gasteiger partial charge < -0.3 is 31.9 Å². The highest BCUT2D eigenvalue weighted by Crippen LogP contribution is 2.05. The molecule has 138 valence electrons. The van der Waals surface area contributed by atoms with Crippen LogP contribution in [0.3, 0.4) is 0 Å². The second-order valence-corrected chi connectivity index (χ2v) is 5.77. The summed E-state index contributed by atoms with van der Waals surface area (Å²) in [5.41, 5.74) is 5.10. The summed E-state index contributed by atoms with van der Waals surface area (Å²) in [5.74, 6) is -3.21. The zero-order valence-corrected chi connectivity index (χ0v) is 14.0. The normalized spacial score (nSPS) is 14.4. The van der Waals surface area contributed by atoms with Crippen LogP contribution in [0.5, 0.6) is 0 Å². The number of carboxylic acid groups (broad SMARTS) is 1. The van der Waals surface area contributed by atoms with Gasteiger partial charge in [-0.15, -0.1) is 0 Å². The number of aliphatic hydroxyl groups is 1. The molecule has 3 atom stereocenters. The van der Waals surface area contributed by atoms with Gasteiger partial charge in [-0.25, -0.2) is 4.79 Å². The van der Waals surface area contributed by atoms with Gasteiger partial charge in [0, 0.05) is 0 Å². The minimum atomic E-state index is -1.25. The maximum Gasteiger partial charge on any atom is 0.326 e. The average Bonchev–Trinajstić information content (AvgIpc) is 2.50. The number of nitrogens with one attached hydrogen (secondary N) is 3. The van der Waals surface area contributed by atoms with Crippen molar-refractivity contribution in [1.29, 1.82) is 0 Å². The third-order valence-corrected chi connectivity index (χ3v) is 3.09. The van der Waals surface area contributed by atoms with Crippen LogP contribution in [0.1, 0.15) is 27.2 Å². The van der Waals surface area contributed by atoms with Gasteiger partial charge in [-0.1, -0.05) is 13.8 Å². The van der Waals surface area contributed by atoms with Crippen LogP contribution < -0.4 is 21.7 Å². The second-order valence-electron chi connectivity index (χ2n) is 5.77. The number of hydrogen-bond acceptors (Lipinski definition) is 6. The summed E-state index contributed by atoms with van der Waals surface area (Å²) in [4.78, 5) is 46.2. The van der Waals surface area contributed by atoms with E-state index in [4.69, 9.17) is 15.9 Å². The number of hydrogen-bond donors (Lipinski definition) is 6. The molecule has 0 radical (unpaired) electrons. The zero-order chi connectivity index (χ0) is 18.9. The lowest BCUT2D eigenvalue weighted by Gasteiger charge is -2.22. The Morgan fingerprint density at radius 2 is 1.54 bits per heavy atom. The molecule has 0 fully saturated rings. The summed E-state index contributed by atoms with van der Waals surface area (Å²) in [6.45, 7) is 3.98. The first-order valence-corrected chi connectivity index (χ1v) is 7.56. The van der Waals surface area contributed by atoms with E-state index in [1.54, 1.807) is 0 Å². The number of aliphatic hydroxyl groups excluding tert-OH is 1. The van der Waals surface area contributed by atoms with E-state index in [0.717, 1.165) is 0 Å². The molecule has 0 aliphatic rings. The van der Waals surface area contributed by atoms with Crippen molar-refractivity contribution in [2.45, 2.75) is 45.3 Å². The number of aliphatic carboxylic acids is 1. The molecule has 0 saturated heterocycles. The molecular formula is C14H26N4O6. The van der Waals surface area contributed by atoms with Crippen molar-refractivity contribution in [3.63, 3.8) is 0 Å². The number of nitrogens with two attached hydrogens (primary N) is 1. The Bertz CT molecular complexity index is 468. The van der Waals surface area contributed by atoms with Crippen molar-refractivity contribution in [2.24, 2.45) is 11.7 Å². The number of amides is 3. The molecular weight excluding hydrogens is 320 g/mol. The van der Waals surface area contributed by atoms with E-state index >= 15 is 0 Å². The monoisotopic (exact) mass is 346 g/mol. The molecule has 0 aromatic carbocycles. The maximum absolute atomic E-state index is 12.0. The lowest BCUT2D eigenvalue weighted by Crippen LogP contribution is -2.56. The Labute approximate surface area is 140 Å². The number of carbonyl (C=O) groups excluding carboxylic acids is 3. The first kappa shape index (κ1) is 21.8. The van der Waals surface area contributed by atoms with Crippen LogP contribution in [0.15, 0.2) is 0 Å². The Balaban J connectivity index is 4.69. The Morgan fingerprint density at radius 1 is 0.958 bits per heavy atom. The SMILES string of the molecule is CC(C)C[C@H](NC(=O)[C@H](C)NC(=O)[C@H](CO)NC(=O)CN)C(=O)O. The zero-order valence-electron chi connectivity index (χ0n) is 14.0. The maximum atomic E-state index is 12.0. The first-order valence-electron chi connectivity index (χ1n) is 7.56. The standard InChI is InChI=1S/C14H26N4O6/c1-7(2)4-9(14(23)24)18-12(21)8(3)16-13(22)10(6-19)17-11(20)5-15/h7-10,19H,4-6,15H2,1-3H3,(H,16,22)(H,17,20)(H,18,21)(H,23,24)/t8-,9-,10-/m0/s1. The third-order valence-electron chi connectivity index (χ3n) is 3.09. The molecule has 0 heterocycles. The molecule has 0 aliphatic carbocycles. The van der Waals surface area contributed by atoms with E-state index in [9.17, 15) is 19.2 Å². The van der Waals surface area contributed by atoms with Crippen LogP contribution in [-0.4, -0.2) is 65.2 Å². The molecule has 0 rings (SSSR count). The fourth-order valence-corrected chi connectivity index (χ4v) is 1.82. The smallest absolute Gasteiger partial charge is 0.326 e. The Kier molecular flexibility index (Phi) is 9.58. The predicted molar refractivity (Wildman–Crippen MR) is 84.7 cm³/mol. The number of carboxylic acids is 1. The molecule has 10 heteroatoms. The van der Waals surface area contributed by atoms with Crippen LogP contribution in [0.25, 0.3) is 0 Å². The van der Waals surface area contributed by atoms with E-state index in [-0.39, 0.29) is 18.9 Å². The van der Waals surface area contributed by atoms with Gasteiger partial charge in [0.05, 0.1) is 13.2 Å². The average molecular weight is 346 g/mol. The van der Waals surface area contributed by atoms with Gasteiger partial charge in [-0.05, 0) is 19.3 Å². The molecule has 0 spiro atoms. The van der Waals surface area contributed by atoms with E-state index < -0.39 is 48.4 Å². The van der Waals surface area contributed by atoms with Crippen molar-refractivity contribution in [1.82, 2.24) is 16.0 Å².